The number of hydrogen-bond acceptors (Lipinski definition) is 1. The van der Waals surface area contributed by atoms with Crippen LogP contribution in [-0.2, 0) is 12.4 Å². The third-order valence-corrected chi connectivity index (χ3v) is 2.63. The van der Waals surface area contributed by atoms with Crippen LogP contribution in [0.2, 0.25) is 0 Å². The highest BCUT2D eigenvalue weighted by Gasteiger charge is 2.43. The predicted molar refractivity (Wildman–Crippen MR) is 57.5 cm³/mol. The lowest BCUT2D eigenvalue weighted by molar-refractivity contribution is -0.143. The van der Waals surface area contributed by atoms with Gasteiger partial charge < -0.3 is 5.32 Å². The van der Waals surface area contributed by atoms with Crippen molar-refractivity contribution in [1.82, 2.24) is 5.32 Å². The number of amides is 1. The number of benzene rings is 1. The zero-order chi connectivity index (χ0) is 15.0. The molecule has 0 saturated carbocycles. The number of halogens is 7. The highest BCUT2D eigenvalue weighted by atomic mass is 79.9. The summed E-state index contributed by atoms with van der Waals surface area (Å²) in [4.78, 5) is 11.3. The highest BCUT2D eigenvalue weighted by molar-refractivity contribution is 9.10. The summed E-state index contributed by atoms with van der Waals surface area (Å²) in [5, 5.41) is 1.77. The minimum Gasteiger partial charge on any atom is -0.355 e. The summed E-state index contributed by atoms with van der Waals surface area (Å²) in [6.45, 7) is 0. The SMILES string of the molecule is CNC(=O)c1c(C(F)(F)F)cc(Br)cc1C(F)(F)F. The van der Waals surface area contributed by atoms with Crippen molar-refractivity contribution in [2.24, 2.45) is 0 Å². The van der Waals surface area contributed by atoms with Crippen LogP contribution in [0.5, 0.6) is 0 Å². The minimum absolute atomic E-state index is 0.417. The molecule has 0 aliphatic heterocycles. The maximum atomic E-state index is 12.7. The van der Waals surface area contributed by atoms with Gasteiger partial charge in [0.2, 0.25) is 0 Å². The predicted octanol–water partition coefficient (Wildman–Crippen LogP) is 3.85. The first-order chi connectivity index (χ1) is 8.48. The summed E-state index contributed by atoms with van der Waals surface area (Å²) >= 11 is 2.57. The molecule has 2 nitrogen and oxygen atoms in total. The van der Waals surface area contributed by atoms with E-state index in [1.54, 1.807) is 5.32 Å². The fraction of sp³-hybridized carbons (Fsp3) is 0.300. The van der Waals surface area contributed by atoms with Crippen LogP contribution in [0.25, 0.3) is 0 Å². The monoisotopic (exact) mass is 349 g/mol. The van der Waals surface area contributed by atoms with Crippen molar-refractivity contribution < 1.29 is 31.1 Å². The number of carbonyl (C=O) groups is 1. The number of carbonyl (C=O) groups excluding carboxylic acids is 1. The van der Waals surface area contributed by atoms with Crippen LogP contribution in [0.3, 0.4) is 0 Å². The molecule has 0 saturated heterocycles. The maximum Gasteiger partial charge on any atom is 0.417 e. The Morgan fingerprint density at radius 1 is 1.05 bits per heavy atom. The molecule has 0 bridgehead atoms. The smallest absolute Gasteiger partial charge is 0.355 e. The topological polar surface area (TPSA) is 29.1 Å². The molecule has 0 heterocycles. The van der Waals surface area contributed by atoms with Gasteiger partial charge in [0.25, 0.3) is 5.91 Å². The Morgan fingerprint density at radius 3 is 1.68 bits per heavy atom. The molecule has 0 unspecified atom stereocenters. The minimum atomic E-state index is -5.08. The molecule has 0 atom stereocenters. The normalized spacial score (nSPS) is 12.4. The Hall–Kier alpha value is -1.25. The Balaban J connectivity index is 3.74. The molecule has 1 N–H and O–H groups in total. The van der Waals surface area contributed by atoms with Crippen molar-refractivity contribution in [3.63, 3.8) is 0 Å². The Labute approximate surface area is 111 Å². The van der Waals surface area contributed by atoms with Crippen LogP contribution in [0, 0.1) is 0 Å². The molecule has 0 aromatic heterocycles. The van der Waals surface area contributed by atoms with E-state index in [0.29, 0.717) is 12.1 Å². The lowest BCUT2D eigenvalue weighted by Crippen LogP contribution is -2.27. The standard InChI is InChI=1S/C10H6BrF6NO/c1-18-8(19)7-5(9(12,13)14)2-4(11)3-6(7)10(15,16)17/h2-3H,1H3,(H,18,19). The average molecular weight is 350 g/mol. The molecule has 1 amide bonds. The molecule has 1 aromatic rings. The Morgan fingerprint density at radius 2 is 1.42 bits per heavy atom. The first kappa shape index (κ1) is 15.8. The van der Waals surface area contributed by atoms with Crippen LogP contribution in [0.15, 0.2) is 16.6 Å². The molecule has 0 aliphatic rings. The van der Waals surface area contributed by atoms with E-state index < -0.39 is 39.4 Å². The van der Waals surface area contributed by atoms with Gasteiger partial charge in [-0.25, -0.2) is 0 Å². The van der Waals surface area contributed by atoms with Crippen molar-refractivity contribution in [2.75, 3.05) is 7.05 Å². The molecule has 19 heavy (non-hydrogen) atoms. The van der Waals surface area contributed by atoms with Crippen LogP contribution in [0.4, 0.5) is 26.3 Å². The summed E-state index contributed by atoms with van der Waals surface area (Å²) in [5.74, 6) is -1.45. The number of nitrogens with one attached hydrogen (secondary N) is 1. The third kappa shape index (κ3) is 3.40. The lowest BCUT2D eigenvalue weighted by Gasteiger charge is -2.18. The van der Waals surface area contributed by atoms with E-state index in [9.17, 15) is 31.1 Å². The second-order valence-corrected chi connectivity index (χ2v) is 4.37. The third-order valence-electron chi connectivity index (χ3n) is 2.17. The fourth-order valence-corrected chi connectivity index (χ4v) is 1.88. The largest absolute Gasteiger partial charge is 0.417 e. The number of rotatable bonds is 1. The van der Waals surface area contributed by atoms with Gasteiger partial charge in [0.15, 0.2) is 0 Å². The lowest BCUT2D eigenvalue weighted by atomic mass is 9.99. The van der Waals surface area contributed by atoms with E-state index >= 15 is 0 Å². The number of hydrogen-bond donors (Lipinski definition) is 1. The second kappa shape index (κ2) is 5.03. The van der Waals surface area contributed by atoms with E-state index in [2.05, 4.69) is 15.9 Å². The van der Waals surface area contributed by atoms with Crippen molar-refractivity contribution in [3.05, 3.63) is 33.3 Å². The van der Waals surface area contributed by atoms with Crippen LogP contribution >= 0.6 is 15.9 Å². The Bertz CT molecular complexity index is 473. The van der Waals surface area contributed by atoms with Gasteiger partial charge in [0, 0.05) is 11.5 Å². The summed E-state index contributed by atoms with van der Waals surface area (Å²) in [5.41, 5.74) is -4.73. The van der Waals surface area contributed by atoms with Gasteiger partial charge in [-0.05, 0) is 12.1 Å². The van der Waals surface area contributed by atoms with Gasteiger partial charge in [-0.3, -0.25) is 4.79 Å². The summed E-state index contributed by atoms with van der Waals surface area (Å²) < 4.78 is 75.9. The molecule has 1 rings (SSSR count). The summed E-state index contributed by atoms with van der Waals surface area (Å²) in [6.07, 6.45) is -10.2. The van der Waals surface area contributed by atoms with Gasteiger partial charge in [-0.15, -0.1) is 0 Å². The van der Waals surface area contributed by atoms with Gasteiger partial charge in [-0.1, -0.05) is 15.9 Å². The molecule has 1 aromatic carbocycles. The molecular formula is C10H6BrF6NO. The highest BCUT2D eigenvalue weighted by Crippen LogP contribution is 2.41. The molecule has 106 valence electrons. The zero-order valence-electron chi connectivity index (χ0n) is 9.21. The summed E-state index contributed by atoms with van der Waals surface area (Å²) in [6, 6.07) is 0.861. The van der Waals surface area contributed by atoms with E-state index in [-0.39, 0.29) is 0 Å². The van der Waals surface area contributed by atoms with Gasteiger partial charge in [0.05, 0.1) is 16.7 Å². The second-order valence-electron chi connectivity index (χ2n) is 3.45. The molecule has 9 heteroatoms. The van der Waals surface area contributed by atoms with Gasteiger partial charge in [-0.2, -0.15) is 26.3 Å². The van der Waals surface area contributed by atoms with Gasteiger partial charge in [0.1, 0.15) is 0 Å². The average Bonchev–Trinajstić information content (AvgIpc) is 2.24. The molecule has 0 spiro atoms. The first-order valence-electron chi connectivity index (χ1n) is 4.68. The van der Waals surface area contributed by atoms with Crippen LogP contribution in [0.1, 0.15) is 21.5 Å². The molecule has 0 fully saturated rings. The van der Waals surface area contributed by atoms with Crippen molar-refractivity contribution in [1.29, 1.82) is 0 Å². The van der Waals surface area contributed by atoms with Crippen molar-refractivity contribution in [3.8, 4) is 0 Å². The van der Waals surface area contributed by atoms with Crippen molar-refractivity contribution in [2.45, 2.75) is 12.4 Å². The van der Waals surface area contributed by atoms with E-state index in [1.165, 1.54) is 0 Å². The van der Waals surface area contributed by atoms with Gasteiger partial charge >= 0.3 is 12.4 Å². The number of alkyl halides is 6. The summed E-state index contributed by atoms with van der Waals surface area (Å²) in [7, 11) is 0.949. The quantitative estimate of drug-likeness (QED) is 0.766. The maximum absolute atomic E-state index is 12.7. The fourth-order valence-electron chi connectivity index (χ4n) is 1.42. The Kier molecular flexibility index (Phi) is 4.18. The molecule has 0 aliphatic carbocycles. The van der Waals surface area contributed by atoms with E-state index in [4.69, 9.17) is 0 Å². The zero-order valence-corrected chi connectivity index (χ0v) is 10.8. The first-order valence-corrected chi connectivity index (χ1v) is 5.47. The molecular weight excluding hydrogens is 344 g/mol. The molecule has 0 radical (unpaired) electrons. The van der Waals surface area contributed by atoms with Crippen molar-refractivity contribution >= 4 is 21.8 Å². The van der Waals surface area contributed by atoms with Crippen LogP contribution in [-0.4, -0.2) is 13.0 Å². The van der Waals surface area contributed by atoms with E-state index in [0.717, 1.165) is 7.05 Å². The van der Waals surface area contributed by atoms with E-state index in [1.807, 2.05) is 0 Å². The van der Waals surface area contributed by atoms with Crippen LogP contribution < -0.4 is 5.32 Å².